The molecule has 2 nitrogen and oxygen atoms in total. The van der Waals surface area contributed by atoms with E-state index >= 15 is 0 Å². The molecule has 1 heterocycles. The summed E-state index contributed by atoms with van der Waals surface area (Å²) in [5.74, 6) is 0. The van der Waals surface area contributed by atoms with Crippen LogP contribution in [0.1, 0.15) is 29.7 Å². The lowest BCUT2D eigenvalue weighted by Gasteiger charge is -2.33. The molecule has 1 aliphatic rings. The van der Waals surface area contributed by atoms with Crippen LogP contribution in [0.2, 0.25) is 0 Å². The third-order valence-electron chi connectivity index (χ3n) is 3.71. The Hall–Kier alpha value is -0.280. The highest BCUT2D eigenvalue weighted by molar-refractivity contribution is 5.85. The van der Waals surface area contributed by atoms with Crippen molar-refractivity contribution in [2.24, 2.45) is 0 Å². The SMILES string of the molecule is Cc1ccc(C(C)N2CCNCC2)cc1C.Cl.Cl. The molecular formula is C14H24Cl2N2. The largest absolute Gasteiger partial charge is 0.314 e. The van der Waals surface area contributed by atoms with Crippen LogP contribution >= 0.6 is 24.8 Å². The Morgan fingerprint density at radius 1 is 1.06 bits per heavy atom. The second-order valence-corrected chi connectivity index (χ2v) is 4.81. The van der Waals surface area contributed by atoms with E-state index in [1.165, 1.54) is 16.7 Å². The van der Waals surface area contributed by atoms with E-state index in [4.69, 9.17) is 0 Å². The number of nitrogens with zero attached hydrogens (tertiary/aromatic N) is 1. The summed E-state index contributed by atoms with van der Waals surface area (Å²) in [6.07, 6.45) is 0. The second kappa shape index (κ2) is 8.00. The van der Waals surface area contributed by atoms with Gasteiger partial charge in [-0.05, 0) is 37.5 Å². The molecule has 1 N–H and O–H groups in total. The Morgan fingerprint density at radius 2 is 1.67 bits per heavy atom. The first-order valence-corrected chi connectivity index (χ1v) is 6.20. The van der Waals surface area contributed by atoms with Gasteiger partial charge in [0.15, 0.2) is 0 Å². The van der Waals surface area contributed by atoms with Crippen LogP contribution in [0.4, 0.5) is 0 Å². The summed E-state index contributed by atoms with van der Waals surface area (Å²) in [6, 6.07) is 7.39. The molecule has 1 aromatic rings. The summed E-state index contributed by atoms with van der Waals surface area (Å²) in [5, 5.41) is 3.40. The van der Waals surface area contributed by atoms with Gasteiger partial charge in [-0.2, -0.15) is 0 Å². The first-order valence-electron chi connectivity index (χ1n) is 6.20. The molecule has 104 valence electrons. The minimum absolute atomic E-state index is 0. The summed E-state index contributed by atoms with van der Waals surface area (Å²) in [7, 11) is 0. The van der Waals surface area contributed by atoms with Gasteiger partial charge in [-0.15, -0.1) is 24.8 Å². The van der Waals surface area contributed by atoms with Crippen molar-refractivity contribution in [3.8, 4) is 0 Å². The van der Waals surface area contributed by atoms with Crippen molar-refractivity contribution in [2.45, 2.75) is 26.8 Å². The van der Waals surface area contributed by atoms with Gasteiger partial charge >= 0.3 is 0 Å². The molecule has 1 unspecified atom stereocenters. The van der Waals surface area contributed by atoms with E-state index in [1.54, 1.807) is 0 Å². The fourth-order valence-electron chi connectivity index (χ4n) is 2.30. The number of benzene rings is 1. The maximum absolute atomic E-state index is 3.40. The van der Waals surface area contributed by atoms with Crippen molar-refractivity contribution in [1.29, 1.82) is 0 Å². The highest BCUT2D eigenvalue weighted by Gasteiger charge is 2.17. The number of aryl methyl sites for hydroxylation is 2. The van der Waals surface area contributed by atoms with Crippen LogP contribution in [0.5, 0.6) is 0 Å². The molecule has 0 saturated carbocycles. The zero-order valence-electron chi connectivity index (χ0n) is 11.4. The highest BCUT2D eigenvalue weighted by atomic mass is 35.5. The molecule has 0 bridgehead atoms. The van der Waals surface area contributed by atoms with Crippen molar-refractivity contribution >= 4 is 24.8 Å². The normalized spacial score (nSPS) is 17.5. The molecule has 1 aromatic carbocycles. The van der Waals surface area contributed by atoms with Gasteiger partial charge in [0.25, 0.3) is 0 Å². The Kier molecular flexibility index (Phi) is 7.88. The lowest BCUT2D eigenvalue weighted by atomic mass is 10.0. The van der Waals surface area contributed by atoms with E-state index in [1.807, 2.05) is 0 Å². The summed E-state index contributed by atoms with van der Waals surface area (Å²) < 4.78 is 0. The van der Waals surface area contributed by atoms with Crippen LogP contribution in [0, 0.1) is 13.8 Å². The summed E-state index contributed by atoms with van der Waals surface area (Å²) in [6.45, 7) is 11.2. The topological polar surface area (TPSA) is 15.3 Å². The molecule has 0 aliphatic carbocycles. The maximum atomic E-state index is 3.40. The van der Waals surface area contributed by atoms with Crippen LogP contribution in [-0.2, 0) is 0 Å². The van der Waals surface area contributed by atoms with Crippen LogP contribution < -0.4 is 5.32 Å². The molecule has 2 rings (SSSR count). The fourth-order valence-corrected chi connectivity index (χ4v) is 2.30. The number of nitrogens with one attached hydrogen (secondary N) is 1. The number of halogens is 2. The van der Waals surface area contributed by atoms with Gasteiger partial charge in [0, 0.05) is 32.2 Å². The van der Waals surface area contributed by atoms with Gasteiger partial charge in [0.1, 0.15) is 0 Å². The molecular weight excluding hydrogens is 267 g/mol. The first kappa shape index (κ1) is 17.7. The van der Waals surface area contributed by atoms with Gasteiger partial charge < -0.3 is 5.32 Å². The molecule has 0 aromatic heterocycles. The minimum Gasteiger partial charge on any atom is -0.314 e. The van der Waals surface area contributed by atoms with Crippen LogP contribution in [0.3, 0.4) is 0 Å². The molecule has 0 spiro atoms. The Morgan fingerprint density at radius 3 is 2.22 bits per heavy atom. The van der Waals surface area contributed by atoms with E-state index in [0.717, 1.165) is 26.2 Å². The predicted molar refractivity (Wildman–Crippen MR) is 83.3 cm³/mol. The van der Waals surface area contributed by atoms with Crippen molar-refractivity contribution in [3.05, 3.63) is 34.9 Å². The lowest BCUT2D eigenvalue weighted by Crippen LogP contribution is -2.44. The monoisotopic (exact) mass is 290 g/mol. The zero-order chi connectivity index (χ0) is 11.5. The number of hydrogen-bond acceptors (Lipinski definition) is 2. The first-order chi connectivity index (χ1) is 7.68. The minimum atomic E-state index is 0. The van der Waals surface area contributed by atoms with E-state index in [2.05, 4.69) is 49.2 Å². The average Bonchev–Trinajstić information content (AvgIpc) is 2.33. The van der Waals surface area contributed by atoms with E-state index in [9.17, 15) is 0 Å². The third-order valence-corrected chi connectivity index (χ3v) is 3.71. The van der Waals surface area contributed by atoms with E-state index in [-0.39, 0.29) is 24.8 Å². The molecule has 4 heteroatoms. The summed E-state index contributed by atoms with van der Waals surface area (Å²) in [5.41, 5.74) is 4.24. The predicted octanol–water partition coefficient (Wildman–Crippen LogP) is 3.11. The van der Waals surface area contributed by atoms with Crippen molar-refractivity contribution in [2.75, 3.05) is 26.2 Å². The molecule has 1 atom stereocenters. The fraction of sp³-hybridized carbons (Fsp3) is 0.571. The van der Waals surface area contributed by atoms with Gasteiger partial charge in [0.2, 0.25) is 0 Å². The van der Waals surface area contributed by atoms with Gasteiger partial charge in [-0.25, -0.2) is 0 Å². The third kappa shape index (κ3) is 4.13. The molecule has 18 heavy (non-hydrogen) atoms. The standard InChI is InChI=1S/C14H22N2.2ClH/c1-11-4-5-14(10-12(11)2)13(3)16-8-6-15-7-9-16;;/h4-5,10,13,15H,6-9H2,1-3H3;2*1H. The highest BCUT2D eigenvalue weighted by Crippen LogP contribution is 2.22. The Labute approximate surface area is 123 Å². The molecule has 1 saturated heterocycles. The molecule has 0 radical (unpaired) electrons. The van der Waals surface area contributed by atoms with E-state index in [0.29, 0.717) is 6.04 Å². The van der Waals surface area contributed by atoms with Crippen molar-refractivity contribution in [3.63, 3.8) is 0 Å². The van der Waals surface area contributed by atoms with Crippen LogP contribution in [0.15, 0.2) is 18.2 Å². The summed E-state index contributed by atoms with van der Waals surface area (Å²) >= 11 is 0. The van der Waals surface area contributed by atoms with E-state index < -0.39 is 0 Å². The number of piperazine rings is 1. The average molecular weight is 291 g/mol. The smallest absolute Gasteiger partial charge is 0.0321 e. The van der Waals surface area contributed by atoms with Crippen LogP contribution in [-0.4, -0.2) is 31.1 Å². The Balaban J connectivity index is 0.00000144. The van der Waals surface area contributed by atoms with Crippen LogP contribution in [0.25, 0.3) is 0 Å². The number of hydrogen-bond donors (Lipinski definition) is 1. The molecule has 1 aliphatic heterocycles. The second-order valence-electron chi connectivity index (χ2n) is 4.81. The van der Waals surface area contributed by atoms with Crippen molar-refractivity contribution in [1.82, 2.24) is 10.2 Å². The zero-order valence-corrected chi connectivity index (χ0v) is 13.0. The Bertz CT molecular complexity index is 363. The van der Waals surface area contributed by atoms with Gasteiger partial charge in [-0.1, -0.05) is 18.2 Å². The lowest BCUT2D eigenvalue weighted by molar-refractivity contribution is 0.185. The molecule has 1 fully saturated rings. The molecule has 0 amide bonds. The summed E-state index contributed by atoms with van der Waals surface area (Å²) in [4.78, 5) is 2.56. The van der Waals surface area contributed by atoms with Gasteiger partial charge in [0.05, 0.1) is 0 Å². The van der Waals surface area contributed by atoms with Crippen molar-refractivity contribution < 1.29 is 0 Å². The quantitative estimate of drug-likeness (QED) is 0.900. The maximum Gasteiger partial charge on any atom is 0.0321 e. The van der Waals surface area contributed by atoms with Gasteiger partial charge in [-0.3, -0.25) is 4.90 Å². The number of rotatable bonds is 2.